The zero-order chi connectivity index (χ0) is 8.81. The van der Waals surface area contributed by atoms with Gasteiger partial charge in [-0.15, -0.1) is 0 Å². The van der Waals surface area contributed by atoms with Crippen LogP contribution in [0.15, 0.2) is 0 Å². The van der Waals surface area contributed by atoms with Gasteiger partial charge in [-0.2, -0.15) is 8.75 Å². The van der Waals surface area contributed by atoms with Crippen molar-refractivity contribution in [2.75, 3.05) is 25.1 Å². The van der Waals surface area contributed by atoms with Gasteiger partial charge in [-0.25, -0.2) is 0 Å². The van der Waals surface area contributed by atoms with Crippen molar-refractivity contribution in [3.63, 3.8) is 0 Å². The molecule has 0 spiro atoms. The molecule has 0 aromatic carbocycles. The molecular formula is C6H10ClN3OS. The molecule has 0 saturated heterocycles. The molecule has 0 fully saturated rings. The fourth-order valence-electron chi connectivity index (χ4n) is 0.669. The molecule has 0 amide bonds. The van der Waals surface area contributed by atoms with Crippen LogP contribution >= 0.6 is 23.3 Å². The topological polar surface area (TPSA) is 47.0 Å². The summed E-state index contributed by atoms with van der Waals surface area (Å²) in [6.07, 6.45) is 0. The van der Waals surface area contributed by atoms with E-state index in [-0.39, 0.29) is 0 Å². The Morgan fingerprint density at radius 1 is 1.58 bits per heavy atom. The number of aromatic nitrogens is 2. The molecule has 1 N–H and O–H groups in total. The van der Waals surface area contributed by atoms with Gasteiger partial charge in [-0.3, -0.25) is 0 Å². The highest BCUT2D eigenvalue weighted by atomic mass is 35.5. The lowest BCUT2D eigenvalue weighted by Crippen LogP contribution is -2.09. The minimum absolute atomic E-state index is 0.427. The number of rotatable bonds is 5. The molecule has 4 nitrogen and oxygen atoms in total. The third-order valence-electron chi connectivity index (χ3n) is 1.19. The predicted octanol–water partition coefficient (Wildman–Crippen LogP) is 1.64. The molecule has 68 valence electrons. The monoisotopic (exact) mass is 207 g/mol. The molecule has 0 radical (unpaired) electrons. The lowest BCUT2D eigenvalue weighted by atomic mass is 10.6. The Kier molecular flexibility index (Phi) is 4.27. The average molecular weight is 208 g/mol. The number of nitrogens with one attached hydrogen (secondary N) is 1. The standard InChI is InChI=1S/C6H10ClN3OS/c1-2-11-4-3-8-6-5(7)9-12-10-6/h2-4H2,1H3,(H,8,10). The minimum atomic E-state index is 0.427. The molecule has 0 saturated carbocycles. The quantitative estimate of drug-likeness (QED) is 0.746. The van der Waals surface area contributed by atoms with Gasteiger partial charge in [0.15, 0.2) is 11.0 Å². The summed E-state index contributed by atoms with van der Waals surface area (Å²) in [4.78, 5) is 0. The van der Waals surface area contributed by atoms with Gasteiger partial charge < -0.3 is 10.1 Å². The minimum Gasteiger partial charge on any atom is -0.380 e. The van der Waals surface area contributed by atoms with Crippen molar-refractivity contribution in [3.8, 4) is 0 Å². The van der Waals surface area contributed by atoms with Crippen molar-refractivity contribution in [1.82, 2.24) is 8.75 Å². The zero-order valence-electron chi connectivity index (χ0n) is 6.71. The summed E-state index contributed by atoms with van der Waals surface area (Å²) in [6.45, 7) is 4.05. The Balaban J connectivity index is 2.20. The molecule has 1 aromatic heterocycles. The van der Waals surface area contributed by atoms with E-state index in [1.807, 2.05) is 6.92 Å². The first-order valence-corrected chi connectivity index (χ1v) is 4.75. The van der Waals surface area contributed by atoms with Gasteiger partial charge in [-0.1, -0.05) is 11.6 Å². The third-order valence-corrected chi connectivity index (χ3v) is 2.08. The lowest BCUT2D eigenvalue weighted by molar-refractivity contribution is 0.158. The molecule has 0 aliphatic rings. The van der Waals surface area contributed by atoms with Crippen LogP contribution in [0.5, 0.6) is 0 Å². The second kappa shape index (κ2) is 5.29. The highest BCUT2D eigenvalue weighted by Crippen LogP contribution is 2.16. The van der Waals surface area contributed by atoms with E-state index in [4.69, 9.17) is 16.3 Å². The lowest BCUT2D eigenvalue weighted by Gasteiger charge is -2.01. The van der Waals surface area contributed by atoms with Crippen LogP contribution < -0.4 is 5.32 Å². The van der Waals surface area contributed by atoms with Crippen molar-refractivity contribution < 1.29 is 4.74 Å². The maximum absolute atomic E-state index is 5.69. The molecule has 0 bridgehead atoms. The second-order valence-electron chi connectivity index (χ2n) is 2.03. The summed E-state index contributed by atoms with van der Waals surface area (Å²) in [6, 6.07) is 0. The average Bonchev–Trinajstić information content (AvgIpc) is 2.46. The number of halogens is 1. The summed E-state index contributed by atoms with van der Waals surface area (Å²) in [5, 5.41) is 3.43. The van der Waals surface area contributed by atoms with Gasteiger partial charge in [0.05, 0.1) is 18.3 Å². The smallest absolute Gasteiger partial charge is 0.186 e. The maximum atomic E-state index is 5.69. The summed E-state index contributed by atoms with van der Waals surface area (Å²) < 4.78 is 12.9. The van der Waals surface area contributed by atoms with Crippen LogP contribution in [0.4, 0.5) is 5.82 Å². The number of hydrogen-bond acceptors (Lipinski definition) is 5. The third kappa shape index (κ3) is 2.92. The van der Waals surface area contributed by atoms with Crippen molar-refractivity contribution >= 4 is 29.1 Å². The molecular weight excluding hydrogens is 198 g/mol. The van der Waals surface area contributed by atoms with Crippen LogP contribution in [0.25, 0.3) is 0 Å². The van der Waals surface area contributed by atoms with Crippen molar-refractivity contribution in [2.24, 2.45) is 0 Å². The molecule has 0 aliphatic heterocycles. The molecule has 6 heteroatoms. The Labute approximate surface area is 80.2 Å². The Bertz CT molecular complexity index is 230. The van der Waals surface area contributed by atoms with E-state index in [9.17, 15) is 0 Å². The normalized spacial score (nSPS) is 10.2. The number of anilines is 1. The first-order valence-electron chi connectivity index (χ1n) is 3.64. The first kappa shape index (κ1) is 9.70. The van der Waals surface area contributed by atoms with Crippen LogP contribution in [0.1, 0.15) is 6.92 Å². The van der Waals surface area contributed by atoms with E-state index in [0.717, 1.165) is 18.3 Å². The van der Waals surface area contributed by atoms with Gasteiger partial charge in [0.2, 0.25) is 0 Å². The molecule has 12 heavy (non-hydrogen) atoms. The van der Waals surface area contributed by atoms with Gasteiger partial charge in [0, 0.05) is 13.2 Å². The summed E-state index contributed by atoms with van der Waals surface area (Å²) >= 11 is 6.78. The number of nitrogens with zero attached hydrogens (tertiary/aromatic N) is 2. The summed E-state index contributed by atoms with van der Waals surface area (Å²) in [7, 11) is 0. The van der Waals surface area contributed by atoms with Crippen molar-refractivity contribution in [2.45, 2.75) is 6.92 Å². The van der Waals surface area contributed by atoms with Crippen LogP contribution in [-0.2, 0) is 4.74 Å². The Morgan fingerprint density at radius 2 is 2.42 bits per heavy atom. The molecule has 0 unspecified atom stereocenters. The molecule has 1 rings (SSSR count). The number of ether oxygens (including phenoxy) is 1. The molecule has 0 aliphatic carbocycles. The Morgan fingerprint density at radius 3 is 3.00 bits per heavy atom. The van der Waals surface area contributed by atoms with E-state index in [1.54, 1.807) is 0 Å². The predicted molar refractivity (Wildman–Crippen MR) is 49.9 cm³/mol. The first-order chi connectivity index (χ1) is 5.84. The van der Waals surface area contributed by atoms with E-state index >= 15 is 0 Å². The van der Waals surface area contributed by atoms with Gasteiger partial charge in [0.1, 0.15) is 0 Å². The van der Waals surface area contributed by atoms with Crippen molar-refractivity contribution in [3.05, 3.63) is 5.15 Å². The van der Waals surface area contributed by atoms with Gasteiger partial charge >= 0.3 is 0 Å². The van der Waals surface area contributed by atoms with Gasteiger partial charge in [0.25, 0.3) is 0 Å². The molecule has 1 aromatic rings. The van der Waals surface area contributed by atoms with Crippen molar-refractivity contribution in [1.29, 1.82) is 0 Å². The fourth-order valence-corrected chi connectivity index (χ4v) is 1.35. The van der Waals surface area contributed by atoms with E-state index in [2.05, 4.69) is 14.1 Å². The van der Waals surface area contributed by atoms with E-state index in [1.165, 1.54) is 0 Å². The van der Waals surface area contributed by atoms with E-state index < -0.39 is 0 Å². The van der Waals surface area contributed by atoms with Gasteiger partial charge in [-0.05, 0) is 6.92 Å². The highest BCUT2D eigenvalue weighted by molar-refractivity contribution is 6.99. The van der Waals surface area contributed by atoms with Crippen LogP contribution in [0.3, 0.4) is 0 Å². The highest BCUT2D eigenvalue weighted by Gasteiger charge is 2.02. The van der Waals surface area contributed by atoms with Crippen LogP contribution in [0, 0.1) is 0 Å². The SMILES string of the molecule is CCOCCNc1nsnc1Cl. The zero-order valence-corrected chi connectivity index (χ0v) is 8.28. The largest absolute Gasteiger partial charge is 0.380 e. The Hall–Kier alpha value is -0.390. The fraction of sp³-hybridized carbons (Fsp3) is 0.667. The molecule has 1 heterocycles. The summed E-state index contributed by atoms with van der Waals surface area (Å²) in [5.41, 5.74) is 0. The second-order valence-corrected chi connectivity index (χ2v) is 2.91. The number of hydrogen-bond donors (Lipinski definition) is 1. The maximum Gasteiger partial charge on any atom is 0.186 e. The van der Waals surface area contributed by atoms with Crippen LogP contribution in [0.2, 0.25) is 5.15 Å². The summed E-state index contributed by atoms with van der Waals surface area (Å²) in [5.74, 6) is 0.640. The molecule has 0 atom stereocenters. The van der Waals surface area contributed by atoms with Crippen LogP contribution in [-0.4, -0.2) is 28.5 Å². The van der Waals surface area contributed by atoms with E-state index in [0.29, 0.717) is 24.1 Å².